The fraction of sp³-hybridized carbons (Fsp3) is 0.778. The van der Waals surface area contributed by atoms with E-state index in [-0.39, 0.29) is 5.91 Å². The monoisotopic (exact) mass is 350 g/mol. The van der Waals surface area contributed by atoms with Crippen molar-refractivity contribution < 1.29 is 4.79 Å². The zero-order chi connectivity index (χ0) is 17.1. The quantitative estimate of drug-likeness (QED) is 0.819. The topological polar surface area (TPSA) is 39.7 Å². The molecule has 0 spiro atoms. The van der Waals surface area contributed by atoms with Crippen LogP contribution in [0.25, 0.3) is 0 Å². The second kappa shape index (κ2) is 7.83. The first-order valence-electron chi connectivity index (χ1n) is 9.21. The van der Waals surface area contributed by atoms with Crippen molar-refractivity contribution in [3.63, 3.8) is 0 Å². The molecule has 2 aliphatic heterocycles. The van der Waals surface area contributed by atoms with Crippen LogP contribution in [0, 0.1) is 12.8 Å². The summed E-state index contributed by atoms with van der Waals surface area (Å²) in [5.74, 6) is 0.959. The predicted octanol–water partition coefficient (Wildman–Crippen LogP) is 2.86. The second-order valence-electron chi connectivity index (χ2n) is 7.43. The third-order valence-electron chi connectivity index (χ3n) is 5.24. The van der Waals surface area contributed by atoms with Crippen LogP contribution in [-0.4, -0.2) is 67.5 Å². The highest BCUT2D eigenvalue weighted by Gasteiger charge is 2.27. The van der Waals surface area contributed by atoms with Crippen molar-refractivity contribution in [3.8, 4) is 0 Å². The lowest BCUT2D eigenvalue weighted by Gasteiger charge is -2.32. The highest BCUT2D eigenvalue weighted by atomic mass is 32.1. The lowest BCUT2D eigenvalue weighted by atomic mass is 9.93. The highest BCUT2D eigenvalue weighted by molar-refractivity contribution is 7.17. The van der Waals surface area contributed by atoms with Gasteiger partial charge in [-0.05, 0) is 65.6 Å². The Morgan fingerprint density at radius 1 is 1.21 bits per heavy atom. The van der Waals surface area contributed by atoms with Gasteiger partial charge < -0.3 is 14.7 Å². The number of amides is 1. The fourth-order valence-electron chi connectivity index (χ4n) is 3.63. The SMILES string of the molecule is Cc1nc(N2CCCC2)sc1C(=O)N1CCC(CCN(C)C)CC1. The number of hydrogen-bond donors (Lipinski definition) is 0. The molecule has 0 aliphatic carbocycles. The molecule has 24 heavy (non-hydrogen) atoms. The summed E-state index contributed by atoms with van der Waals surface area (Å²) < 4.78 is 0. The summed E-state index contributed by atoms with van der Waals surface area (Å²) in [6.45, 7) is 7.08. The molecule has 134 valence electrons. The van der Waals surface area contributed by atoms with Gasteiger partial charge in [0.2, 0.25) is 0 Å². The van der Waals surface area contributed by atoms with Crippen molar-refractivity contribution >= 4 is 22.4 Å². The number of anilines is 1. The summed E-state index contributed by atoms with van der Waals surface area (Å²) in [4.78, 5) is 25.0. The minimum atomic E-state index is 0.196. The van der Waals surface area contributed by atoms with Crippen molar-refractivity contribution in [1.29, 1.82) is 0 Å². The predicted molar refractivity (Wildman–Crippen MR) is 100 cm³/mol. The van der Waals surface area contributed by atoms with Gasteiger partial charge >= 0.3 is 0 Å². The van der Waals surface area contributed by atoms with E-state index in [2.05, 4.69) is 28.9 Å². The number of carbonyl (C=O) groups excluding carboxylic acids is 1. The summed E-state index contributed by atoms with van der Waals surface area (Å²) in [6.07, 6.45) is 5.99. The van der Waals surface area contributed by atoms with Gasteiger partial charge in [0.15, 0.2) is 5.13 Å². The minimum Gasteiger partial charge on any atom is -0.348 e. The number of hydrogen-bond acceptors (Lipinski definition) is 5. The average Bonchev–Trinajstić information content (AvgIpc) is 3.22. The van der Waals surface area contributed by atoms with Gasteiger partial charge in [0.25, 0.3) is 5.91 Å². The van der Waals surface area contributed by atoms with Gasteiger partial charge in [-0.1, -0.05) is 11.3 Å². The first kappa shape index (κ1) is 17.7. The Kier molecular flexibility index (Phi) is 5.76. The van der Waals surface area contributed by atoms with Crippen molar-refractivity contribution in [1.82, 2.24) is 14.8 Å². The molecule has 0 radical (unpaired) electrons. The highest BCUT2D eigenvalue weighted by Crippen LogP contribution is 2.30. The van der Waals surface area contributed by atoms with Crippen LogP contribution in [0.4, 0.5) is 5.13 Å². The Balaban J connectivity index is 1.57. The summed E-state index contributed by atoms with van der Waals surface area (Å²) >= 11 is 1.59. The van der Waals surface area contributed by atoms with Crippen LogP contribution in [0.2, 0.25) is 0 Å². The molecule has 6 heteroatoms. The third-order valence-corrected chi connectivity index (χ3v) is 6.45. The average molecular weight is 351 g/mol. The third kappa shape index (κ3) is 4.09. The standard InChI is InChI=1S/C18H30N4OS/c1-14-16(24-18(19-14)22-9-4-5-10-22)17(23)21-12-7-15(8-13-21)6-11-20(2)3/h15H,4-13H2,1-3H3. The molecule has 2 saturated heterocycles. The molecule has 0 aromatic carbocycles. The lowest BCUT2D eigenvalue weighted by Crippen LogP contribution is -2.39. The number of carbonyl (C=O) groups is 1. The molecule has 2 aliphatic rings. The molecule has 1 amide bonds. The molecule has 3 rings (SSSR count). The van der Waals surface area contributed by atoms with Gasteiger partial charge in [-0.2, -0.15) is 0 Å². The molecular formula is C18H30N4OS. The Morgan fingerprint density at radius 2 is 1.88 bits per heavy atom. The van der Waals surface area contributed by atoms with E-state index in [4.69, 9.17) is 0 Å². The zero-order valence-electron chi connectivity index (χ0n) is 15.3. The molecule has 5 nitrogen and oxygen atoms in total. The molecule has 3 heterocycles. The molecule has 1 aromatic heterocycles. The molecule has 0 N–H and O–H groups in total. The maximum atomic E-state index is 12.9. The van der Waals surface area contributed by atoms with E-state index in [1.165, 1.54) is 19.3 Å². The molecular weight excluding hydrogens is 320 g/mol. The summed E-state index contributed by atoms with van der Waals surface area (Å²) in [5.41, 5.74) is 0.904. The first-order chi connectivity index (χ1) is 11.5. The van der Waals surface area contributed by atoms with E-state index in [0.717, 1.165) is 67.2 Å². The molecule has 0 unspecified atom stereocenters. The molecule has 0 atom stereocenters. The van der Waals surface area contributed by atoms with Crippen molar-refractivity contribution in [3.05, 3.63) is 10.6 Å². The number of likely N-dealkylation sites (tertiary alicyclic amines) is 1. The van der Waals surface area contributed by atoms with Crippen LogP contribution in [0.5, 0.6) is 0 Å². The minimum absolute atomic E-state index is 0.196. The molecule has 0 saturated carbocycles. The summed E-state index contributed by atoms with van der Waals surface area (Å²) in [7, 11) is 4.26. The van der Waals surface area contributed by atoms with Crippen LogP contribution in [0.15, 0.2) is 0 Å². The van der Waals surface area contributed by atoms with E-state index in [1.807, 2.05) is 11.8 Å². The van der Waals surface area contributed by atoms with Gasteiger partial charge in [0.05, 0.1) is 5.69 Å². The molecule has 2 fully saturated rings. The molecule has 1 aromatic rings. The summed E-state index contributed by atoms with van der Waals surface area (Å²) in [5, 5.41) is 1.04. The number of piperidine rings is 1. The number of aryl methyl sites for hydroxylation is 1. The Morgan fingerprint density at radius 3 is 2.50 bits per heavy atom. The van der Waals surface area contributed by atoms with Crippen LogP contribution in [0.1, 0.15) is 47.5 Å². The van der Waals surface area contributed by atoms with Crippen LogP contribution in [0.3, 0.4) is 0 Å². The Hall–Kier alpha value is -1.14. The van der Waals surface area contributed by atoms with Gasteiger partial charge in [-0.3, -0.25) is 4.79 Å². The van der Waals surface area contributed by atoms with Crippen LogP contribution < -0.4 is 4.90 Å². The maximum absolute atomic E-state index is 12.9. The van der Waals surface area contributed by atoms with E-state index < -0.39 is 0 Å². The maximum Gasteiger partial charge on any atom is 0.265 e. The number of aromatic nitrogens is 1. The number of nitrogens with zero attached hydrogens (tertiary/aromatic N) is 4. The van der Waals surface area contributed by atoms with Crippen molar-refractivity contribution in [2.24, 2.45) is 5.92 Å². The second-order valence-corrected chi connectivity index (χ2v) is 8.41. The van der Waals surface area contributed by atoms with Gasteiger partial charge in [-0.15, -0.1) is 0 Å². The van der Waals surface area contributed by atoms with Crippen molar-refractivity contribution in [2.75, 3.05) is 51.7 Å². The lowest BCUT2D eigenvalue weighted by molar-refractivity contribution is 0.0687. The van der Waals surface area contributed by atoms with E-state index >= 15 is 0 Å². The van der Waals surface area contributed by atoms with Gasteiger partial charge in [0.1, 0.15) is 4.88 Å². The van der Waals surface area contributed by atoms with E-state index in [1.54, 1.807) is 11.3 Å². The number of rotatable bonds is 5. The fourth-order valence-corrected chi connectivity index (χ4v) is 4.72. The van der Waals surface area contributed by atoms with Gasteiger partial charge in [0, 0.05) is 26.2 Å². The Bertz CT molecular complexity index is 557. The number of thiazole rings is 1. The first-order valence-corrected chi connectivity index (χ1v) is 10.0. The largest absolute Gasteiger partial charge is 0.348 e. The van der Waals surface area contributed by atoms with Crippen molar-refractivity contribution in [2.45, 2.75) is 39.0 Å². The van der Waals surface area contributed by atoms with E-state index in [0.29, 0.717) is 0 Å². The van der Waals surface area contributed by atoms with Crippen LogP contribution in [-0.2, 0) is 0 Å². The Labute approximate surface area is 149 Å². The zero-order valence-corrected chi connectivity index (χ0v) is 16.1. The smallest absolute Gasteiger partial charge is 0.265 e. The molecule has 0 bridgehead atoms. The van der Waals surface area contributed by atoms with E-state index in [9.17, 15) is 4.79 Å². The van der Waals surface area contributed by atoms with Crippen LogP contribution >= 0.6 is 11.3 Å². The normalized spacial score (nSPS) is 19.5. The summed E-state index contributed by atoms with van der Waals surface area (Å²) in [6, 6.07) is 0. The van der Waals surface area contributed by atoms with Gasteiger partial charge in [-0.25, -0.2) is 4.98 Å².